The van der Waals surface area contributed by atoms with Crippen molar-refractivity contribution in [3.05, 3.63) is 52.0 Å². The first-order valence-corrected chi connectivity index (χ1v) is 6.84. The number of nitrogens with one attached hydrogen (secondary N) is 1. The van der Waals surface area contributed by atoms with Crippen molar-refractivity contribution in [2.75, 3.05) is 12.4 Å². The van der Waals surface area contributed by atoms with Crippen LogP contribution in [0.25, 0.3) is 0 Å². The summed E-state index contributed by atoms with van der Waals surface area (Å²) in [5.74, 6) is 1.44. The van der Waals surface area contributed by atoms with Gasteiger partial charge in [-0.2, -0.15) is 0 Å². The summed E-state index contributed by atoms with van der Waals surface area (Å²) in [5.41, 5.74) is 1.61. The Kier molecular flexibility index (Phi) is 3.51. The maximum absolute atomic E-state index is 11.2. The smallest absolute Gasteiger partial charge is 0.296 e. The lowest BCUT2D eigenvalue weighted by molar-refractivity contribution is -0.384. The zero-order valence-corrected chi connectivity index (χ0v) is 11.7. The van der Waals surface area contributed by atoms with Gasteiger partial charge in [-0.15, -0.1) is 0 Å². The molecule has 0 aliphatic heterocycles. The van der Waals surface area contributed by atoms with Gasteiger partial charge in [0.05, 0.1) is 30.4 Å². The largest absolute Gasteiger partial charge is 0.496 e. The van der Waals surface area contributed by atoms with Gasteiger partial charge in [-0.25, -0.2) is 0 Å². The highest BCUT2D eigenvalue weighted by molar-refractivity contribution is 5.64. The molecule has 1 heterocycles. The third-order valence-corrected chi connectivity index (χ3v) is 3.78. The quantitative estimate of drug-likeness (QED) is 0.685. The third kappa shape index (κ3) is 2.56. The summed E-state index contributed by atoms with van der Waals surface area (Å²) < 4.78 is 10.5. The molecule has 0 spiro atoms. The molecule has 6 heteroatoms. The molecule has 21 heavy (non-hydrogen) atoms. The summed E-state index contributed by atoms with van der Waals surface area (Å²) in [6, 6.07) is 6.81. The highest BCUT2D eigenvalue weighted by Crippen LogP contribution is 2.36. The second-order valence-electron chi connectivity index (χ2n) is 5.03. The first kappa shape index (κ1) is 13.5. The zero-order chi connectivity index (χ0) is 14.8. The number of hydrogen-bond acceptors (Lipinski definition) is 5. The minimum absolute atomic E-state index is 0.0185. The zero-order valence-electron chi connectivity index (χ0n) is 11.7. The number of nitrogens with zero attached hydrogens (tertiary/aromatic N) is 1. The third-order valence-electron chi connectivity index (χ3n) is 3.78. The van der Waals surface area contributed by atoms with Crippen LogP contribution in [0.5, 0.6) is 5.75 Å². The molecule has 0 amide bonds. The molecule has 0 bridgehead atoms. The lowest BCUT2D eigenvalue weighted by Gasteiger charge is -2.23. The van der Waals surface area contributed by atoms with Crippen molar-refractivity contribution in [2.45, 2.75) is 25.3 Å². The van der Waals surface area contributed by atoms with Gasteiger partial charge in [0.15, 0.2) is 0 Å². The van der Waals surface area contributed by atoms with E-state index in [0.29, 0.717) is 11.4 Å². The van der Waals surface area contributed by atoms with Crippen molar-refractivity contribution in [1.82, 2.24) is 0 Å². The second kappa shape index (κ2) is 5.47. The summed E-state index contributed by atoms with van der Waals surface area (Å²) in [6.45, 7) is 0. The predicted molar refractivity (Wildman–Crippen MR) is 77.7 cm³/mol. The van der Waals surface area contributed by atoms with Gasteiger partial charge in [-0.1, -0.05) is 0 Å². The summed E-state index contributed by atoms with van der Waals surface area (Å²) in [7, 11) is 1.49. The van der Waals surface area contributed by atoms with E-state index in [0.717, 1.165) is 30.6 Å². The number of furan rings is 1. The molecule has 1 aliphatic carbocycles. The van der Waals surface area contributed by atoms with Crippen LogP contribution in [-0.4, -0.2) is 12.0 Å². The molecule has 1 aliphatic rings. The minimum atomic E-state index is -0.399. The van der Waals surface area contributed by atoms with Gasteiger partial charge in [0.25, 0.3) is 5.69 Å². The van der Waals surface area contributed by atoms with E-state index in [4.69, 9.17) is 9.15 Å². The van der Waals surface area contributed by atoms with E-state index in [-0.39, 0.29) is 11.7 Å². The fourth-order valence-electron chi connectivity index (χ4n) is 2.74. The molecule has 1 N–H and O–H groups in total. The number of ether oxygens (including phenoxy) is 1. The Hall–Kier alpha value is -2.50. The highest BCUT2D eigenvalue weighted by Gasteiger charge is 2.25. The summed E-state index contributed by atoms with van der Waals surface area (Å²) >= 11 is 0. The van der Waals surface area contributed by atoms with E-state index in [1.165, 1.54) is 13.2 Å². The number of rotatable bonds is 4. The molecular formula is C15H16N2O4. The van der Waals surface area contributed by atoms with Gasteiger partial charge in [-0.05, 0) is 31.0 Å². The Morgan fingerprint density at radius 1 is 1.43 bits per heavy atom. The molecule has 110 valence electrons. The molecule has 1 aromatic heterocycles. The lowest BCUT2D eigenvalue weighted by Crippen LogP contribution is -2.16. The van der Waals surface area contributed by atoms with E-state index in [1.807, 2.05) is 6.07 Å². The lowest BCUT2D eigenvalue weighted by atomic mass is 9.93. The molecule has 0 saturated carbocycles. The number of benzene rings is 1. The van der Waals surface area contributed by atoms with Crippen LogP contribution < -0.4 is 10.1 Å². The molecule has 1 aromatic carbocycles. The number of nitro benzene ring substituents is 1. The number of nitro groups is 1. The Morgan fingerprint density at radius 2 is 2.29 bits per heavy atom. The Balaban J connectivity index is 1.91. The van der Waals surface area contributed by atoms with Crippen molar-refractivity contribution in [1.29, 1.82) is 0 Å². The van der Waals surface area contributed by atoms with Gasteiger partial charge >= 0.3 is 0 Å². The van der Waals surface area contributed by atoms with Crippen LogP contribution in [0.1, 0.15) is 30.2 Å². The second-order valence-corrected chi connectivity index (χ2v) is 5.03. The van der Waals surface area contributed by atoms with Crippen molar-refractivity contribution in [3.63, 3.8) is 0 Å². The van der Waals surface area contributed by atoms with E-state index in [1.54, 1.807) is 18.4 Å². The summed E-state index contributed by atoms with van der Waals surface area (Å²) in [5, 5.41) is 14.5. The van der Waals surface area contributed by atoms with Gasteiger partial charge in [0.1, 0.15) is 17.2 Å². The van der Waals surface area contributed by atoms with E-state index in [9.17, 15) is 10.1 Å². The minimum Gasteiger partial charge on any atom is -0.496 e. The fraction of sp³-hybridized carbons (Fsp3) is 0.333. The SMILES string of the molecule is COc1ccc(NC2CCCc3occc32)c([N+](=O)[O-])c1. The maximum atomic E-state index is 11.2. The van der Waals surface area contributed by atoms with Crippen LogP contribution in [0, 0.1) is 10.1 Å². The summed E-state index contributed by atoms with van der Waals surface area (Å²) in [6.07, 6.45) is 4.52. The van der Waals surface area contributed by atoms with Crippen LogP contribution in [0.2, 0.25) is 0 Å². The van der Waals surface area contributed by atoms with Crippen LogP contribution >= 0.6 is 0 Å². The Labute approximate surface area is 121 Å². The monoisotopic (exact) mass is 288 g/mol. The van der Waals surface area contributed by atoms with Crippen LogP contribution in [-0.2, 0) is 6.42 Å². The number of hydrogen-bond donors (Lipinski definition) is 1. The van der Waals surface area contributed by atoms with E-state index in [2.05, 4.69) is 5.32 Å². The van der Waals surface area contributed by atoms with Crippen LogP contribution in [0.15, 0.2) is 34.9 Å². The number of fused-ring (bicyclic) bond motifs is 1. The van der Waals surface area contributed by atoms with Crippen molar-refractivity contribution < 1.29 is 14.1 Å². The highest BCUT2D eigenvalue weighted by atomic mass is 16.6. The van der Waals surface area contributed by atoms with Crippen LogP contribution in [0.4, 0.5) is 11.4 Å². The number of anilines is 1. The first-order valence-electron chi connectivity index (χ1n) is 6.84. The average Bonchev–Trinajstić information content (AvgIpc) is 2.97. The molecule has 6 nitrogen and oxygen atoms in total. The number of methoxy groups -OCH3 is 1. The molecule has 0 radical (unpaired) electrons. The molecule has 1 atom stereocenters. The standard InChI is InChI=1S/C15H16N2O4/c1-20-10-5-6-13(14(9-10)17(18)19)16-12-3-2-4-15-11(12)7-8-21-15/h5-9,12,16H,2-4H2,1H3. The molecule has 2 aromatic rings. The van der Waals surface area contributed by atoms with Crippen molar-refractivity contribution in [2.24, 2.45) is 0 Å². The van der Waals surface area contributed by atoms with E-state index < -0.39 is 4.92 Å². The van der Waals surface area contributed by atoms with Crippen molar-refractivity contribution >= 4 is 11.4 Å². The van der Waals surface area contributed by atoms with E-state index >= 15 is 0 Å². The van der Waals surface area contributed by atoms with Gasteiger partial charge in [0.2, 0.25) is 0 Å². The normalized spacial score (nSPS) is 17.1. The maximum Gasteiger partial charge on any atom is 0.296 e. The molecule has 1 unspecified atom stereocenters. The molecule has 0 fully saturated rings. The van der Waals surface area contributed by atoms with Gasteiger partial charge < -0.3 is 14.5 Å². The summed E-state index contributed by atoms with van der Waals surface area (Å²) in [4.78, 5) is 10.8. The predicted octanol–water partition coefficient (Wildman–Crippen LogP) is 3.69. The van der Waals surface area contributed by atoms with Gasteiger partial charge in [-0.3, -0.25) is 10.1 Å². The first-order chi connectivity index (χ1) is 10.2. The van der Waals surface area contributed by atoms with Crippen LogP contribution in [0.3, 0.4) is 0 Å². The Morgan fingerprint density at radius 3 is 3.05 bits per heavy atom. The average molecular weight is 288 g/mol. The fourth-order valence-corrected chi connectivity index (χ4v) is 2.74. The molecule has 3 rings (SSSR count). The number of aryl methyl sites for hydroxylation is 1. The molecular weight excluding hydrogens is 272 g/mol. The molecule has 0 saturated heterocycles. The van der Waals surface area contributed by atoms with Crippen molar-refractivity contribution in [3.8, 4) is 5.75 Å². The topological polar surface area (TPSA) is 77.5 Å². The van der Waals surface area contributed by atoms with Gasteiger partial charge in [0, 0.05) is 12.0 Å². The Bertz CT molecular complexity index is 665.